The lowest BCUT2D eigenvalue weighted by molar-refractivity contribution is -0.126. The maximum Gasteiger partial charge on any atom is 0.324 e. The minimum Gasteiger partial charge on any atom is -0.336 e. The minimum absolute atomic E-state index is 0.173. The van der Waals surface area contributed by atoms with E-state index in [-0.39, 0.29) is 17.2 Å². The Labute approximate surface area is 103 Å². The van der Waals surface area contributed by atoms with Crippen molar-refractivity contribution in [2.45, 2.75) is 17.3 Å². The monoisotopic (exact) mass is 254 g/mol. The summed E-state index contributed by atoms with van der Waals surface area (Å²) in [6.07, 6.45) is 3.50. The molecule has 2 heterocycles. The molecule has 92 valence electrons. The summed E-state index contributed by atoms with van der Waals surface area (Å²) in [4.78, 5) is 28.7. The van der Waals surface area contributed by atoms with Crippen LogP contribution in [0.25, 0.3) is 0 Å². The van der Waals surface area contributed by atoms with Crippen molar-refractivity contribution in [1.29, 1.82) is 0 Å². The number of hydrogen-bond acceptors (Lipinski definition) is 4. The summed E-state index contributed by atoms with van der Waals surface area (Å²) in [5.41, 5.74) is 0. The molecule has 0 unspecified atom stereocenters. The third kappa shape index (κ3) is 2.44. The number of imidazole rings is 1. The smallest absolute Gasteiger partial charge is 0.324 e. The van der Waals surface area contributed by atoms with Gasteiger partial charge < -0.3 is 9.88 Å². The lowest BCUT2D eigenvalue weighted by Crippen LogP contribution is -2.39. The van der Waals surface area contributed by atoms with Crippen molar-refractivity contribution in [2.75, 3.05) is 13.1 Å². The lowest BCUT2D eigenvalue weighted by atomic mass is 10.4. The van der Waals surface area contributed by atoms with Crippen molar-refractivity contribution in [1.82, 2.24) is 19.8 Å². The van der Waals surface area contributed by atoms with Gasteiger partial charge in [-0.1, -0.05) is 11.8 Å². The van der Waals surface area contributed by atoms with Gasteiger partial charge in [0.05, 0.1) is 5.25 Å². The molecule has 1 atom stereocenters. The molecule has 1 saturated heterocycles. The molecule has 1 fully saturated rings. The van der Waals surface area contributed by atoms with E-state index >= 15 is 0 Å². The predicted octanol–water partition coefficient (Wildman–Crippen LogP) is 0.452. The van der Waals surface area contributed by atoms with E-state index in [4.69, 9.17) is 0 Å². The zero-order valence-electron chi connectivity index (χ0n) is 9.71. The molecule has 0 bridgehead atoms. The van der Waals surface area contributed by atoms with E-state index in [0.29, 0.717) is 13.1 Å². The zero-order valence-corrected chi connectivity index (χ0v) is 10.5. The van der Waals surface area contributed by atoms with Gasteiger partial charge in [-0.15, -0.1) is 0 Å². The van der Waals surface area contributed by atoms with E-state index < -0.39 is 0 Å². The molecule has 1 aromatic heterocycles. The van der Waals surface area contributed by atoms with Crippen molar-refractivity contribution in [2.24, 2.45) is 7.05 Å². The van der Waals surface area contributed by atoms with E-state index in [1.54, 1.807) is 13.1 Å². The minimum atomic E-state index is -0.319. The molecule has 7 heteroatoms. The second-order valence-corrected chi connectivity index (χ2v) is 5.11. The fourth-order valence-electron chi connectivity index (χ4n) is 1.58. The third-order valence-electron chi connectivity index (χ3n) is 2.53. The Morgan fingerprint density at radius 2 is 2.41 bits per heavy atom. The molecule has 0 spiro atoms. The van der Waals surface area contributed by atoms with E-state index in [1.807, 2.05) is 17.8 Å². The molecule has 6 nitrogen and oxygen atoms in total. The van der Waals surface area contributed by atoms with Crippen molar-refractivity contribution < 1.29 is 9.59 Å². The number of carbonyl (C=O) groups is 2. The van der Waals surface area contributed by atoms with Gasteiger partial charge in [0, 0.05) is 32.5 Å². The van der Waals surface area contributed by atoms with Crippen LogP contribution in [0.3, 0.4) is 0 Å². The van der Waals surface area contributed by atoms with Crippen LogP contribution in [0.4, 0.5) is 4.79 Å². The van der Waals surface area contributed by atoms with Crippen LogP contribution < -0.4 is 5.32 Å². The summed E-state index contributed by atoms with van der Waals surface area (Å²) < 4.78 is 1.85. The Bertz CT molecular complexity index is 445. The summed E-state index contributed by atoms with van der Waals surface area (Å²) in [5.74, 6) is -0.173. The van der Waals surface area contributed by atoms with E-state index in [1.165, 1.54) is 16.7 Å². The van der Waals surface area contributed by atoms with Crippen LogP contribution in [0.15, 0.2) is 17.6 Å². The number of imide groups is 1. The van der Waals surface area contributed by atoms with E-state index in [0.717, 1.165) is 5.16 Å². The van der Waals surface area contributed by atoms with Crippen molar-refractivity contribution in [3.05, 3.63) is 12.4 Å². The quantitative estimate of drug-likeness (QED) is 0.795. The van der Waals surface area contributed by atoms with Crippen LogP contribution >= 0.6 is 11.8 Å². The normalized spacial score (nSPS) is 17.1. The number of nitrogens with zero attached hydrogens (tertiary/aromatic N) is 3. The average Bonchev–Trinajstić information content (AvgIpc) is 2.88. The van der Waals surface area contributed by atoms with E-state index in [9.17, 15) is 9.59 Å². The fraction of sp³-hybridized carbons (Fsp3) is 0.500. The summed E-state index contributed by atoms with van der Waals surface area (Å²) in [6.45, 7) is 2.76. The second kappa shape index (κ2) is 4.79. The second-order valence-electron chi connectivity index (χ2n) is 3.80. The molecule has 0 radical (unpaired) electrons. The van der Waals surface area contributed by atoms with Crippen LogP contribution in [0.1, 0.15) is 6.92 Å². The molecule has 1 N–H and O–H groups in total. The molecule has 2 rings (SSSR count). The van der Waals surface area contributed by atoms with Gasteiger partial charge in [0.2, 0.25) is 5.91 Å². The van der Waals surface area contributed by atoms with Gasteiger partial charge >= 0.3 is 6.03 Å². The SMILES string of the molecule is C[C@@H](Sc1nccn1C)C(=O)N1CCNC1=O. The van der Waals surface area contributed by atoms with Gasteiger partial charge in [0.15, 0.2) is 5.16 Å². The highest BCUT2D eigenvalue weighted by Crippen LogP contribution is 2.22. The van der Waals surface area contributed by atoms with Crippen molar-refractivity contribution in [3.63, 3.8) is 0 Å². The molecular weight excluding hydrogens is 240 g/mol. The molecule has 1 aliphatic rings. The first-order valence-corrected chi connectivity index (χ1v) is 6.20. The van der Waals surface area contributed by atoms with E-state index in [2.05, 4.69) is 10.3 Å². The third-order valence-corrected chi connectivity index (χ3v) is 3.69. The molecule has 1 aromatic rings. The highest BCUT2D eigenvalue weighted by Gasteiger charge is 2.30. The molecule has 0 saturated carbocycles. The Balaban J connectivity index is 2.00. The number of thioether (sulfide) groups is 1. The Morgan fingerprint density at radius 1 is 1.65 bits per heavy atom. The number of rotatable bonds is 3. The highest BCUT2D eigenvalue weighted by atomic mass is 32.2. The first kappa shape index (κ1) is 12.0. The number of hydrogen-bond donors (Lipinski definition) is 1. The van der Waals surface area contributed by atoms with Crippen LogP contribution in [0.2, 0.25) is 0 Å². The molecule has 3 amide bonds. The fourth-order valence-corrected chi connectivity index (χ4v) is 2.47. The molecule has 0 aliphatic carbocycles. The first-order valence-electron chi connectivity index (χ1n) is 5.33. The maximum atomic E-state index is 12.0. The molecule has 1 aliphatic heterocycles. The van der Waals surface area contributed by atoms with Gasteiger partial charge in [-0.2, -0.15) is 0 Å². The zero-order chi connectivity index (χ0) is 12.4. The summed E-state index contributed by atoms with van der Waals surface area (Å²) >= 11 is 1.35. The Hall–Kier alpha value is -1.50. The van der Waals surface area contributed by atoms with Gasteiger partial charge in [-0.05, 0) is 6.92 Å². The summed E-state index contributed by atoms with van der Waals surface area (Å²) in [6, 6.07) is -0.303. The first-order chi connectivity index (χ1) is 8.09. The number of carbonyl (C=O) groups excluding carboxylic acids is 2. The lowest BCUT2D eigenvalue weighted by Gasteiger charge is -2.16. The van der Waals surface area contributed by atoms with Crippen LogP contribution in [-0.2, 0) is 11.8 Å². The van der Waals surface area contributed by atoms with Crippen molar-refractivity contribution in [3.8, 4) is 0 Å². The Kier molecular flexibility index (Phi) is 3.37. The molecule has 0 aromatic carbocycles. The van der Waals surface area contributed by atoms with Gasteiger partial charge in [0.25, 0.3) is 0 Å². The van der Waals surface area contributed by atoms with Crippen LogP contribution in [0, 0.1) is 0 Å². The topological polar surface area (TPSA) is 67.2 Å². The van der Waals surface area contributed by atoms with Gasteiger partial charge in [0.1, 0.15) is 0 Å². The highest BCUT2D eigenvalue weighted by molar-refractivity contribution is 8.00. The largest absolute Gasteiger partial charge is 0.336 e. The van der Waals surface area contributed by atoms with Crippen LogP contribution in [0.5, 0.6) is 0 Å². The predicted molar refractivity (Wildman–Crippen MR) is 63.6 cm³/mol. The maximum absolute atomic E-state index is 12.0. The number of amides is 3. The number of aromatic nitrogens is 2. The van der Waals surface area contributed by atoms with Gasteiger partial charge in [-0.25, -0.2) is 9.78 Å². The Morgan fingerprint density at radius 3 is 2.94 bits per heavy atom. The standard InChI is InChI=1S/C10H14N4O2S/c1-7(17-10-12-3-5-13(10)2)8(15)14-6-4-11-9(14)16/h3,5,7H,4,6H2,1-2H3,(H,11,16)/t7-/m1/s1. The number of aryl methyl sites for hydroxylation is 1. The molecule has 17 heavy (non-hydrogen) atoms. The molecular formula is C10H14N4O2S. The van der Waals surface area contributed by atoms with Crippen molar-refractivity contribution >= 4 is 23.7 Å². The summed E-state index contributed by atoms with van der Waals surface area (Å²) in [5, 5.41) is 3.06. The summed E-state index contributed by atoms with van der Waals surface area (Å²) in [7, 11) is 1.87. The van der Waals surface area contributed by atoms with Crippen LogP contribution in [-0.4, -0.2) is 44.7 Å². The number of nitrogens with one attached hydrogen (secondary N) is 1. The average molecular weight is 254 g/mol. The number of urea groups is 1. The van der Waals surface area contributed by atoms with Gasteiger partial charge in [-0.3, -0.25) is 9.69 Å².